The highest BCUT2D eigenvalue weighted by Crippen LogP contribution is 2.29. The Balaban J connectivity index is 1.82. The molecule has 2 aromatic heterocycles. The van der Waals surface area contributed by atoms with Gasteiger partial charge in [0.1, 0.15) is 12.0 Å². The van der Waals surface area contributed by atoms with Crippen LogP contribution in [-0.4, -0.2) is 39.8 Å². The van der Waals surface area contributed by atoms with Crippen molar-refractivity contribution in [3.05, 3.63) is 60.3 Å². The van der Waals surface area contributed by atoms with Crippen molar-refractivity contribution in [1.29, 1.82) is 0 Å². The molecule has 1 amide bonds. The van der Waals surface area contributed by atoms with Crippen LogP contribution in [-0.2, 0) is 6.18 Å². The molecule has 0 atom stereocenters. The lowest BCUT2D eigenvalue weighted by atomic mass is 10.1. The van der Waals surface area contributed by atoms with E-state index >= 15 is 0 Å². The summed E-state index contributed by atoms with van der Waals surface area (Å²) in [6, 6.07) is 4.20. The van der Waals surface area contributed by atoms with Gasteiger partial charge in [0.25, 0.3) is 5.91 Å². The molecule has 3 rings (SSSR count). The summed E-state index contributed by atoms with van der Waals surface area (Å²) in [7, 11) is 3.64. The molecule has 0 radical (unpaired) electrons. The van der Waals surface area contributed by atoms with Gasteiger partial charge in [0.15, 0.2) is 5.82 Å². The van der Waals surface area contributed by atoms with Crippen LogP contribution in [0.5, 0.6) is 0 Å². The summed E-state index contributed by atoms with van der Waals surface area (Å²) in [6.07, 6.45) is 1.36. The van der Waals surface area contributed by atoms with Gasteiger partial charge in [-0.1, -0.05) is 6.07 Å². The number of hydrogen-bond acceptors (Lipinski definition) is 5. The molecular formula is C17H15F3N6O. The van der Waals surface area contributed by atoms with E-state index < -0.39 is 17.6 Å². The number of nitrogens with one attached hydrogen (secondary N) is 1. The molecule has 0 unspecified atom stereocenters. The number of rotatable bonds is 4. The Kier molecular flexibility index (Phi) is 4.80. The number of halogens is 3. The number of carbonyl (C=O) groups excluding carboxylic acids is 1. The molecule has 1 aromatic carbocycles. The van der Waals surface area contributed by atoms with Gasteiger partial charge in [-0.25, -0.2) is 14.6 Å². The Morgan fingerprint density at radius 2 is 2.00 bits per heavy atom. The molecule has 1 N–H and O–H groups in total. The fourth-order valence-corrected chi connectivity index (χ4v) is 2.35. The molecule has 0 bridgehead atoms. The summed E-state index contributed by atoms with van der Waals surface area (Å²) in [6.45, 7) is 0. The third-order valence-electron chi connectivity index (χ3n) is 3.66. The van der Waals surface area contributed by atoms with E-state index in [-0.39, 0.29) is 5.56 Å². The summed E-state index contributed by atoms with van der Waals surface area (Å²) in [5.41, 5.74) is 0.0353. The summed E-state index contributed by atoms with van der Waals surface area (Å²) < 4.78 is 39.8. The molecule has 140 valence electrons. The molecule has 7 nitrogen and oxygen atoms in total. The maximum atomic E-state index is 12.8. The number of amides is 1. The van der Waals surface area contributed by atoms with Crippen LogP contribution in [0.1, 0.15) is 15.9 Å². The minimum atomic E-state index is -4.52. The van der Waals surface area contributed by atoms with E-state index in [0.717, 1.165) is 12.1 Å². The van der Waals surface area contributed by atoms with Crippen molar-refractivity contribution >= 4 is 17.3 Å². The van der Waals surface area contributed by atoms with Crippen molar-refractivity contribution in [2.45, 2.75) is 6.18 Å². The molecule has 27 heavy (non-hydrogen) atoms. The van der Waals surface area contributed by atoms with Gasteiger partial charge in [0.05, 0.1) is 29.8 Å². The van der Waals surface area contributed by atoms with E-state index in [2.05, 4.69) is 20.4 Å². The molecule has 10 heteroatoms. The zero-order chi connectivity index (χ0) is 19.6. The number of nitrogens with zero attached hydrogens (tertiary/aromatic N) is 5. The average Bonchev–Trinajstić information content (AvgIpc) is 3.09. The molecule has 0 saturated heterocycles. The summed E-state index contributed by atoms with van der Waals surface area (Å²) in [4.78, 5) is 22.2. The lowest BCUT2D eigenvalue weighted by Gasteiger charge is -2.14. The quantitative estimate of drug-likeness (QED) is 0.758. The Bertz CT molecular complexity index is 967. The third-order valence-corrected chi connectivity index (χ3v) is 3.66. The van der Waals surface area contributed by atoms with E-state index in [0.29, 0.717) is 17.2 Å². The molecule has 0 fully saturated rings. The van der Waals surface area contributed by atoms with Crippen LogP contribution in [0.15, 0.2) is 49.2 Å². The van der Waals surface area contributed by atoms with Crippen LogP contribution >= 0.6 is 0 Å². The number of aromatic nitrogens is 4. The molecule has 0 aliphatic carbocycles. The second-order valence-corrected chi connectivity index (χ2v) is 5.83. The van der Waals surface area contributed by atoms with E-state index in [4.69, 9.17) is 0 Å². The van der Waals surface area contributed by atoms with Gasteiger partial charge in [-0.05, 0) is 18.2 Å². The van der Waals surface area contributed by atoms with Gasteiger partial charge < -0.3 is 10.2 Å². The van der Waals surface area contributed by atoms with Gasteiger partial charge >= 0.3 is 6.18 Å². The van der Waals surface area contributed by atoms with E-state index in [1.807, 2.05) is 14.1 Å². The van der Waals surface area contributed by atoms with Gasteiger partial charge in [0, 0.05) is 19.7 Å². The lowest BCUT2D eigenvalue weighted by molar-refractivity contribution is -0.137. The highest BCUT2D eigenvalue weighted by molar-refractivity contribution is 6.04. The van der Waals surface area contributed by atoms with Crippen molar-refractivity contribution < 1.29 is 18.0 Å². The molecule has 2 heterocycles. The summed E-state index contributed by atoms with van der Waals surface area (Å²) in [5.74, 6) is -0.175. The topological polar surface area (TPSA) is 75.9 Å². The SMILES string of the molecule is CN(C)c1cncnc1-n1cc(NC(=O)c2cccc(C(F)(F)F)c2)cn1. The standard InChI is InChI=1S/C17H15F3N6O/c1-25(2)14-8-21-10-22-15(14)26-9-13(7-23-26)24-16(27)11-4-3-5-12(6-11)17(18,19)20/h3-10H,1-2H3,(H,24,27). The maximum Gasteiger partial charge on any atom is 0.416 e. The van der Waals surface area contributed by atoms with Crippen LogP contribution in [0, 0.1) is 0 Å². The van der Waals surface area contributed by atoms with E-state index in [1.54, 1.807) is 11.1 Å². The fourth-order valence-electron chi connectivity index (χ4n) is 2.35. The van der Waals surface area contributed by atoms with Gasteiger partial charge in [-0.15, -0.1) is 0 Å². The number of hydrogen-bond donors (Lipinski definition) is 1. The Morgan fingerprint density at radius 3 is 2.70 bits per heavy atom. The summed E-state index contributed by atoms with van der Waals surface area (Å²) in [5, 5.41) is 6.67. The predicted molar refractivity (Wildman–Crippen MR) is 92.9 cm³/mol. The lowest BCUT2D eigenvalue weighted by Crippen LogP contribution is -2.14. The second-order valence-electron chi connectivity index (χ2n) is 5.83. The molecule has 3 aromatic rings. The van der Waals surface area contributed by atoms with Crippen LogP contribution in [0.25, 0.3) is 5.82 Å². The first-order valence-electron chi connectivity index (χ1n) is 7.76. The minimum Gasteiger partial charge on any atom is -0.373 e. The Hall–Kier alpha value is -3.43. The number of alkyl halides is 3. The average molecular weight is 376 g/mol. The zero-order valence-corrected chi connectivity index (χ0v) is 14.4. The van der Waals surface area contributed by atoms with Crippen LogP contribution < -0.4 is 10.2 Å². The monoisotopic (exact) mass is 376 g/mol. The molecule has 0 aliphatic heterocycles. The smallest absolute Gasteiger partial charge is 0.373 e. The van der Waals surface area contributed by atoms with Gasteiger partial charge in [-0.2, -0.15) is 18.3 Å². The highest BCUT2D eigenvalue weighted by atomic mass is 19.4. The Morgan fingerprint density at radius 1 is 1.22 bits per heavy atom. The van der Waals surface area contributed by atoms with Crippen molar-refractivity contribution in [2.75, 3.05) is 24.3 Å². The van der Waals surface area contributed by atoms with E-state index in [1.165, 1.54) is 35.5 Å². The molecule has 0 spiro atoms. The Labute approximate surface area is 152 Å². The zero-order valence-electron chi connectivity index (χ0n) is 14.4. The normalized spacial score (nSPS) is 11.3. The first kappa shape index (κ1) is 18.4. The molecular weight excluding hydrogens is 361 g/mol. The van der Waals surface area contributed by atoms with Crippen LogP contribution in [0.4, 0.5) is 24.5 Å². The maximum absolute atomic E-state index is 12.8. The first-order chi connectivity index (χ1) is 12.8. The van der Waals surface area contributed by atoms with Gasteiger partial charge in [-0.3, -0.25) is 4.79 Å². The van der Waals surface area contributed by atoms with Crippen LogP contribution in [0.2, 0.25) is 0 Å². The van der Waals surface area contributed by atoms with Crippen molar-refractivity contribution in [3.63, 3.8) is 0 Å². The largest absolute Gasteiger partial charge is 0.416 e. The minimum absolute atomic E-state index is 0.103. The van der Waals surface area contributed by atoms with Crippen molar-refractivity contribution in [1.82, 2.24) is 19.7 Å². The highest BCUT2D eigenvalue weighted by Gasteiger charge is 2.30. The summed E-state index contributed by atoms with van der Waals surface area (Å²) >= 11 is 0. The predicted octanol–water partition coefficient (Wildman–Crippen LogP) is 3.00. The number of benzene rings is 1. The van der Waals surface area contributed by atoms with Crippen molar-refractivity contribution in [2.24, 2.45) is 0 Å². The number of carbonyl (C=O) groups is 1. The van der Waals surface area contributed by atoms with E-state index in [9.17, 15) is 18.0 Å². The van der Waals surface area contributed by atoms with Gasteiger partial charge in [0.2, 0.25) is 0 Å². The first-order valence-corrected chi connectivity index (χ1v) is 7.76. The second kappa shape index (κ2) is 7.06. The molecule has 0 saturated carbocycles. The number of anilines is 2. The molecule has 0 aliphatic rings. The third kappa shape index (κ3) is 4.05. The van der Waals surface area contributed by atoms with Crippen molar-refractivity contribution in [3.8, 4) is 5.82 Å². The van der Waals surface area contributed by atoms with Crippen LogP contribution in [0.3, 0.4) is 0 Å². The fraction of sp³-hybridized carbons (Fsp3) is 0.176.